The molecule has 0 aromatic heterocycles. The van der Waals surface area contributed by atoms with Gasteiger partial charge in [-0.05, 0) is 39.2 Å². The second-order valence-corrected chi connectivity index (χ2v) is 5.87. The van der Waals surface area contributed by atoms with Gasteiger partial charge in [0.1, 0.15) is 0 Å². The van der Waals surface area contributed by atoms with Crippen LogP contribution in [-0.2, 0) is 4.74 Å². The van der Waals surface area contributed by atoms with Crippen molar-refractivity contribution in [3.05, 3.63) is 0 Å². The predicted octanol–water partition coefficient (Wildman–Crippen LogP) is 2.00. The molecule has 2 aliphatic rings. The van der Waals surface area contributed by atoms with Crippen LogP contribution in [-0.4, -0.2) is 42.8 Å². The Kier molecular flexibility index (Phi) is 4.45. The number of piperidine rings is 1. The lowest BCUT2D eigenvalue weighted by molar-refractivity contribution is -0.0101. The maximum Gasteiger partial charge on any atom is 0.0513 e. The number of rotatable bonds is 4. The van der Waals surface area contributed by atoms with E-state index in [1.807, 2.05) is 0 Å². The molecule has 2 saturated heterocycles. The lowest BCUT2D eigenvalue weighted by Crippen LogP contribution is -2.61. The van der Waals surface area contributed by atoms with E-state index < -0.39 is 0 Å². The van der Waals surface area contributed by atoms with Gasteiger partial charge in [0.05, 0.1) is 6.61 Å². The normalized spacial score (nSPS) is 34.8. The Balaban J connectivity index is 2.13. The van der Waals surface area contributed by atoms with Crippen molar-refractivity contribution < 1.29 is 4.74 Å². The van der Waals surface area contributed by atoms with E-state index in [2.05, 4.69) is 18.7 Å². The lowest BCUT2D eigenvalue weighted by Gasteiger charge is -2.50. The van der Waals surface area contributed by atoms with Crippen LogP contribution in [0.15, 0.2) is 0 Å². The Bertz CT molecular complexity index is 240. The molecule has 2 heterocycles. The summed E-state index contributed by atoms with van der Waals surface area (Å²) in [5.74, 6) is 0.625. The van der Waals surface area contributed by atoms with Crippen LogP contribution in [0.4, 0.5) is 0 Å². The summed E-state index contributed by atoms with van der Waals surface area (Å²) in [4.78, 5) is 2.70. The van der Waals surface area contributed by atoms with Gasteiger partial charge in [-0.2, -0.15) is 0 Å². The van der Waals surface area contributed by atoms with Crippen LogP contribution in [0.25, 0.3) is 0 Å². The zero-order valence-corrected chi connectivity index (χ0v) is 11.5. The quantitative estimate of drug-likeness (QED) is 0.817. The molecule has 2 N–H and O–H groups in total. The summed E-state index contributed by atoms with van der Waals surface area (Å²) in [6.45, 7) is 8.48. The highest BCUT2D eigenvalue weighted by Gasteiger charge is 2.43. The zero-order chi connectivity index (χ0) is 12.3. The van der Waals surface area contributed by atoms with E-state index in [-0.39, 0.29) is 5.54 Å². The maximum absolute atomic E-state index is 6.14. The average molecular weight is 240 g/mol. The van der Waals surface area contributed by atoms with E-state index in [4.69, 9.17) is 10.5 Å². The molecule has 0 radical (unpaired) electrons. The van der Waals surface area contributed by atoms with Gasteiger partial charge in [-0.3, -0.25) is 4.90 Å². The number of nitrogens with two attached hydrogens (primary N) is 1. The van der Waals surface area contributed by atoms with Crippen molar-refractivity contribution in [3.63, 3.8) is 0 Å². The van der Waals surface area contributed by atoms with Gasteiger partial charge in [-0.15, -0.1) is 0 Å². The number of hydrogen-bond donors (Lipinski definition) is 1. The Morgan fingerprint density at radius 3 is 2.76 bits per heavy atom. The van der Waals surface area contributed by atoms with Gasteiger partial charge in [0.2, 0.25) is 0 Å². The summed E-state index contributed by atoms with van der Waals surface area (Å²) in [5.41, 5.74) is 6.29. The van der Waals surface area contributed by atoms with Crippen molar-refractivity contribution in [3.8, 4) is 0 Å². The fourth-order valence-corrected chi connectivity index (χ4v) is 3.64. The van der Waals surface area contributed by atoms with Gasteiger partial charge >= 0.3 is 0 Å². The highest BCUT2D eigenvalue weighted by atomic mass is 16.5. The molecule has 0 bridgehead atoms. The number of ether oxygens (including phenoxy) is 1. The van der Waals surface area contributed by atoms with E-state index in [0.717, 1.165) is 25.8 Å². The van der Waals surface area contributed by atoms with Crippen molar-refractivity contribution in [1.82, 2.24) is 4.90 Å². The van der Waals surface area contributed by atoms with Gasteiger partial charge in [0.25, 0.3) is 0 Å². The summed E-state index contributed by atoms with van der Waals surface area (Å²) >= 11 is 0. The monoisotopic (exact) mass is 240 g/mol. The third-order valence-corrected chi connectivity index (χ3v) is 4.98. The first-order valence-electron chi connectivity index (χ1n) is 7.27. The molecule has 3 nitrogen and oxygen atoms in total. The van der Waals surface area contributed by atoms with E-state index in [9.17, 15) is 0 Å². The molecular formula is C14H28N2O. The van der Waals surface area contributed by atoms with E-state index >= 15 is 0 Å². The Morgan fingerprint density at radius 2 is 2.18 bits per heavy atom. The first-order valence-corrected chi connectivity index (χ1v) is 7.27. The second-order valence-electron chi connectivity index (χ2n) is 5.87. The van der Waals surface area contributed by atoms with Crippen LogP contribution < -0.4 is 5.73 Å². The van der Waals surface area contributed by atoms with Crippen molar-refractivity contribution in [2.24, 2.45) is 11.7 Å². The minimum atomic E-state index is 0.150. The molecule has 2 rings (SSSR count). The Morgan fingerprint density at radius 1 is 1.35 bits per heavy atom. The molecule has 0 amide bonds. The summed E-state index contributed by atoms with van der Waals surface area (Å²) in [6.07, 6.45) is 6.50. The molecule has 0 saturated carbocycles. The minimum Gasteiger partial charge on any atom is -0.381 e. The first kappa shape index (κ1) is 13.3. The second kappa shape index (κ2) is 5.68. The van der Waals surface area contributed by atoms with Gasteiger partial charge < -0.3 is 10.5 Å². The number of nitrogens with zero attached hydrogens (tertiary/aromatic N) is 1. The van der Waals surface area contributed by atoms with E-state index in [0.29, 0.717) is 5.92 Å². The van der Waals surface area contributed by atoms with Crippen molar-refractivity contribution in [2.45, 2.75) is 57.5 Å². The standard InChI is InChI=1S/C14H28N2O/c1-3-13-6-4-5-8-16(13)14(2,11-15)12-7-9-17-10-12/h12-13H,3-11,15H2,1-2H3. The number of hydrogen-bond acceptors (Lipinski definition) is 3. The smallest absolute Gasteiger partial charge is 0.0513 e. The van der Waals surface area contributed by atoms with Crippen LogP contribution in [0.2, 0.25) is 0 Å². The minimum absolute atomic E-state index is 0.150. The van der Waals surface area contributed by atoms with Gasteiger partial charge in [-0.25, -0.2) is 0 Å². The Labute approximate surface area is 106 Å². The molecule has 2 aliphatic heterocycles. The molecule has 3 atom stereocenters. The van der Waals surface area contributed by atoms with Crippen LogP contribution in [0.3, 0.4) is 0 Å². The third-order valence-electron chi connectivity index (χ3n) is 4.98. The molecule has 0 aromatic rings. The highest BCUT2D eigenvalue weighted by Crippen LogP contribution is 2.35. The molecule has 0 aromatic carbocycles. The fraction of sp³-hybridized carbons (Fsp3) is 1.00. The van der Waals surface area contributed by atoms with Gasteiger partial charge in [0, 0.05) is 30.7 Å². The van der Waals surface area contributed by atoms with Crippen molar-refractivity contribution in [1.29, 1.82) is 0 Å². The van der Waals surface area contributed by atoms with Crippen LogP contribution in [0, 0.1) is 5.92 Å². The van der Waals surface area contributed by atoms with E-state index in [1.54, 1.807) is 0 Å². The molecule has 0 aliphatic carbocycles. The Hall–Kier alpha value is -0.120. The lowest BCUT2D eigenvalue weighted by atomic mass is 9.80. The maximum atomic E-state index is 6.14. The van der Waals surface area contributed by atoms with E-state index in [1.165, 1.54) is 38.6 Å². The summed E-state index contributed by atoms with van der Waals surface area (Å²) in [7, 11) is 0. The van der Waals surface area contributed by atoms with Crippen LogP contribution in [0.5, 0.6) is 0 Å². The average Bonchev–Trinajstić information content (AvgIpc) is 2.92. The van der Waals surface area contributed by atoms with Gasteiger partial charge in [-0.1, -0.05) is 13.3 Å². The van der Waals surface area contributed by atoms with Crippen molar-refractivity contribution in [2.75, 3.05) is 26.3 Å². The van der Waals surface area contributed by atoms with Gasteiger partial charge in [0.15, 0.2) is 0 Å². The molecule has 0 spiro atoms. The molecule has 2 fully saturated rings. The SMILES string of the molecule is CCC1CCCCN1C(C)(CN)C1CCOC1. The zero-order valence-electron chi connectivity index (χ0n) is 11.5. The highest BCUT2D eigenvalue weighted by molar-refractivity contribution is 4.98. The fourth-order valence-electron chi connectivity index (χ4n) is 3.64. The van der Waals surface area contributed by atoms with Crippen LogP contribution in [0.1, 0.15) is 46.0 Å². The molecular weight excluding hydrogens is 212 g/mol. The molecule has 100 valence electrons. The first-order chi connectivity index (χ1) is 8.22. The molecule has 17 heavy (non-hydrogen) atoms. The summed E-state index contributed by atoms with van der Waals surface area (Å²) < 4.78 is 5.58. The van der Waals surface area contributed by atoms with Crippen molar-refractivity contribution >= 4 is 0 Å². The summed E-state index contributed by atoms with van der Waals surface area (Å²) in [6, 6.07) is 0.734. The summed E-state index contributed by atoms with van der Waals surface area (Å²) in [5, 5.41) is 0. The predicted molar refractivity (Wildman–Crippen MR) is 71.0 cm³/mol. The number of likely N-dealkylation sites (tertiary alicyclic amines) is 1. The molecule has 3 heteroatoms. The largest absolute Gasteiger partial charge is 0.381 e. The molecule has 3 unspecified atom stereocenters. The topological polar surface area (TPSA) is 38.5 Å². The van der Waals surface area contributed by atoms with Crippen LogP contribution >= 0.6 is 0 Å². The third kappa shape index (κ3) is 2.51.